The van der Waals surface area contributed by atoms with Crippen LogP contribution in [-0.2, 0) is 0 Å². The van der Waals surface area contributed by atoms with Crippen LogP contribution in [0.2, 0.25) is 0 Å². The van der Waals surface area contributed by atoms with Gasteiger partial charge < -0.3 is 5.32 Å². The van der Waals surface area contributed by atoms with Crippen LogP contribution in [0.1, 0.15) is 30.4 Å². The van der Waals surface area contributed by atoms with Gasteiger partial charge in [0.2, 0.25) is 5.95 Å². The van der Waals surface area contributed by atoms with Gasteiger partial charge in [0, 0.05) is 18.5 Å². The third-order valence-corrected chi connectivity index (χ3v) is 3.53. The Morgan fingerprint density at radius 3 is 2.75 bits per heavy atom. The topological polar surface area (TPSA) is 66.8 Å². The van der Waals surface area contributed by atoms with Crippen molar-refractivity contribution in [2.45, 2.75) is 25.8 Å². The molecule has 0 amide bonds. The minimum absolute atomic E-state index is 0.383. The molecule has 0 aromatic carbocycles. The minimum Gasteiger partial charge on any atom is -0.309 e. The van der Waals surface area contributed by atoms with Gasteiger partial charge >= 0.3 is 0 Å². The molecule has 2 aromatic rings. The summed E-state index contributed by atoms with van der Waals surface area (Å²) in [6.07, 6.45) is 5.77. The third-order valence-electron chi connectivity index (χ3n) is 3.53. The van der Waals surface area contributed by atoms with Crippen LogP contribution in [0.15, 0.2) is 24.5 Å². The summed E-state index contributed by atoms with van der Waals surface area (Å²) in [5.74, 6) is 2.07. The summed E-state index contributed by atoms with van der Waals surface area (Å²) in [5.41, 5.74) is 1.07. The number of anilines is 2. The molecular weight excluding hydrogens is 252 g/mol. The maximum atomic E-state index is 4.57. The largest absolute Gasteiger partial charge is 0.309 e. The molecule has 1 fully saturated rings. The highest BCUT2D eigenvalue weighted by Crippen LogP contribution is 2.30. The lowest BCUT2D eigenvalue weighted by Gasteiger charge is -2.19. The zero-order valence-corrected chi connectivity index (χ0v) is 11.7. The Hall–Kier alpha value is -2.08. The summed E-state index contributed by atoms with van der Waals surface area (Å²) < 4.78 is 0. The molecule has 0 spiro atoms. The number of aryl methyl sites for hydroxylation is 1. The molecule has 104 valence electrons. The molecule has 3 heterocycles. The molecule has 3 rings (SSSR count). The Balaban J connectivity index is 1.87. The molecule has 1 atom stereocenters. The van der Waals surface area contributed by atoms with Gasteiger partial charge in [0.05, 0.1) is 11.7 Å². The van der Waals surface area contributed by atoms with Crippen molar-refractivity contribution in [2.75, 3.05) is 18.9 Å². The van der Waals surface area contributed by atoms with Gasteiger partial charge in [0.15, 0.2) is 0 Å². The average Bonchev–Trinajstić information content (AvgIpc) is 2.85. The van der Waals surface area contributed by atoms with E-state index in [9.17, 15) is 0 Å². The van der Waals surface area contributed by atoms with Crippen LogP contribution >= 0.6 is 0 Å². The average molecular weight is 270 g/mol. The van der Waals surface area contributed by atoms with E-state index < -0.39 is 0 Å². The Kier molecular flexibility index (Phi) is 3.56. The molecule has 1 saturated heterocycles. The molecule has 2 aromatic heterocycles. The molecule has 1 aliphatic heterocycles. The van der Waals surface area contributed by atoms with E-state index in [0.29, 0.717) is 12.0 Å². The number of aromatic nitrogens is 4. The number of hydrogen-bond donors (Lipinski definition) is 1. The minimum atomic E-state index is 0.383. The fourth-order valence-corrected chi connectivity index (χ4v) is 2.59. The van der Waals surface area contributed by atoms with Gasteiger partial charge in [-0.2, -0.15) is 0 Å². The second kappa shape index (κ2) is 5.50. The standard InChI is InChI=1S/C14H18N6/c1-10-17-11(12-5-3-8-20(12)2)9-13(18-10)19-14-15-6-4-7-16-14/h4,6-7,9,12H,3,5,8H2,1-2H3,(H,15,16,17,18,19)/t12-/m1/s1. The van der Waals surface area contributed by atoms with Crippen LogP contribution in [0.3, 0.4) is 0 Å². The van der Waals surface area contributed by atoms with Gasteiger partial charge in [0.25, 0.3) is 0 Å². The van der Waals surface area contributed by atoms with Crippen LogP contribution in [0.4, 0.5) is 11.8 Å². The molecule has 0 bridgehead atoms. The van der Waals surface area contributed by atoms with Crippen molar-refractivity contribution in [2.24, 2.45) is 0 Å². The normalized spacial score (nSPS) is 19.2. The fraction of sp³-hybridized carbons (Fsp3) is 0.429. The van der Waals surface area contributed by atoms with Gasteiger partial charge in [-0.1, -0.05) is 0 Å². The number of nitrogens with zero attached hydrogens (tertiary/aromatic N) is 5. The highest BCUT2D eigenvalue weighted by molar-refractivity contribution is 5.48. The summed E-state index contributed by atoms with van der Waals surface area (Å²) in [5, 5.41) is 3.13. The molecule has 6 nitrogen and oxygen atoms in total. The van der Waals surface area contributed by atoms with E-state index in [4.69, 9.17) is 0 Å². The van der Waals surface area contributed by atoms with Crippen molar-refractivity contribution in [1.29, 1.82) is 0 Å². The summed E-state index contributed by atoms with van der Waals surface area (Å²) in [7, 11) is 2.14. The van der Waals surface area contributed by atoms with Crippen molar-refractivity contribution < 1.29 is 0 Å². The Morgan fingerprint density at radius 1 is 1.25 bits per heavy atom. The van der Waals surface area contributed by atoms with Gasteiger partial charge in [-0.3, -0.25) is 4.90 Å². The molecular formula is C14H18N6. The molecule has 1 N–H and O–H groups in total. The van der Waals surface area contributed by atoms with Crippen LogP contribution in [-0.4, -0.2) is 38.4 Å². The summed E-state index contributed by atoms with van der Waals surface area (Å²) in [4.78, 5) is 19.6. The van der Waals surface area contributed by atoms with E-state index in [1.54, 1.807) is 18.5 Å². The zero-order chi connectivity index (χ0) is 13.9. The monoisotopic (exact) mass is 270 g/mol. The van der Waals surface area contributed by atoms with E-state index in [2.05, 4.69) is 37.2 Å². The molecule has 0 radical (unpaired) electrons. The summed E-state index contributed by atoms with van der Waals surface area (Å²) >= 11 is 0. The Morgan fingerprint density at radius 2 is 2.05 bits per heavy atom. The number of hydrogen-bond acceptors (Lipinski definition) is 6. The SMILES string of the molecule is Cc1nc(Nc2ncccn2)cc([C@H]2CCCN2C)n1. The van der Waals surface area contributed by atoms with Gasteiger partial charge in [-0.05, 0) is 39.4 Å². The smallest absolute Gasteiger partial charge is 0.228 e. The Bertz CT molecular complexity index is 585. The first-order valence-electron chi connectivity index (χ1n) is 6.82. The zero-order valence-electron chi connectivity index (χ0n) is 11.7. The van der Waals surface area contributed by atoms with E-state index >= 15 is 0 Å². The van der Waals surface area contributed by atoms with E-state index in [1.165, 1.54) is 6.42 Å². The van der Waals surface area contributed by atoms with Crippen molar-refractivity contribution in [3.63, 3.8) is 0 Å². The fourth-order valence-electron chi connectivity index (χ4n) is 2.59. The van der Waals surface area contributed by atoms with Gasteiger partial charge in [-0.15, -0.1) is 0 Å². The van der Waals surface area contributed by atoms with E-state index in [0.717, 1.165) is 30.3 Å². The molecule has 20 heavy (non-hydrogen) atoms. The number of nitrogens with one attached hydrogen (secondary N) is 1. The lowest BCUT2D eigenvalue weighted by Crippen LogP contribution is -2.19. The molecule has 1 aliphatic rings. The predicted molar refractivity (Wildman–Crippen MR) is 76.7 cm³/mol. The van der Waals surface area contributed by atoms with Crippen LogP contribution in [0, 0.1) is 6.92 Å². The highest BCUT2D eigenvalue weighted by atomic mass is 15.2. The van der Waals surface area contributed by atoms with Gasteiger partial charge in [-0.25, -0.2) is 19.9 Å². The van der Waals surface area contributed by atoms with Crippen molar-refractivity contribution in [1.82, 2.24) is 24.8 Å². The summed E-state index contributed by atoms with van der Waals surface area (Å²) in [6, 6.07) is 4.17. The van der Waals surface area contributed by atoms with Gasteiger partial charge in [0.1, 0.15) is 11.6 Å². The lowest BCUT2D eigenvalue weighted by molar-refractivity contribution is 0.311. The number of likely N-dealkylation sites (tertiary alicyclic amines) is 1. The van der Waals surface area contributed by atoms with Crippen LogP contribution in [0.25, 0.3) is 0 Å². The van der Waals surface area contributed by atoms with E-state index in [-0.39, 0.29) is 0 Å². The predicted octanol–water partition coefficient (Wildman–Crippen LogP) is 2.09. The van der Waals surface area contributed by atoms with Crippen molar-refractivity contribution >= 4 is 11.8 Å². The molecule has 0 aliphatic carbocycles. The maximum Gasteiger partial charge on any atom is 0.228 e. The highest BCUT2D eigenvalue weighted by Gasteiger charge is 2.24. The van der Waals surface area contributed by atoms with Crippen LogP contribution < -0.4 is 5.32 Å². The quantitative estimate of drug-likeness (QED) is 0.921. The first-order chi connectivity index (χ1) is 9.72. The van der Waals surface area contributed by atoms with Crippen molar-refractivity contribution in [3.05, 3.63) is 36.0 Å². The second-order valence-electron chi connectivity index (χ2n) is 5.06. The molecule has 0 unspecified atom stereocenters. The lowest BCUT2D eigenvalue weighted by atomic mass is 10.1. The van der Waals surface area contributed by atoms with E-state index in [1.807, 2.05) is 13.0 Å². The van der Waals surface area contributed by atoms with Crippen molar-refractivity contribution in [3.8, 4) is 0 Å². The first kappa shape index (κ1) is 12.9. The second-order valence-corrected chi connectivity index (χ2v) is 5.06. The Labute approximate surface area is 118 Å². The maximum absolute atomic E-state index is 4.57. The molecule has 6 heteroatoms. The number of rotatable bonds is 3. The third kappa shape index (κ3) is 2.75. The molecule has 0 saturated carbocycles. The summed E-state index contributed by atoms with van der Waals surface area (Å²) in [6.45, 7) is 3.04. The van der Waals surface area contributed by atoms with Crippen LogP contribution in [0.5, 0.6) is 0 Å². The first-order valence-corrected chi connectivity index (χ1v) is 6.82.